The second kappa shape index (κ2) is 5.95. The molecule has 2 rings (SSSR count). The maximum Gasteiger partial charge on any atom is 0.355 e. The number of aryl methyl sites for hydroxylation is 1. The third kappa shape index (κ3) is 3.51. The van der Waals surface area contributed by atoms with Gasteiger partial charge in [0, 0.05) is 13.2 Å². The molecule has 0 unspecified atom stereocenters. The van der Waals surface area contributed by atoms with Crippen molar-refractivity contribution in [3.63, 3.8) is 0 Å². The van der Waals surface area contributed by atoms with E-state index in [0.29, 0.717) is 18.0 Å². The summed E-state index contributed by atoms with van der Waals surface area (Å²) in [6, 6.07) is 11.0. The van der Waals surface area contributed by atoms with E-state index in [-0.39, 0.29) is 6.61 Å². The summed E-state index contributed by atoms with van der Waals surface area (Å²) in [7, 11) is 1.74. The lowest BCUT2D eigenvalue weighted by molar-refractivity contribution is 0.0439. The van der Waals surface area contributed by atoms with Crippen molar-refractivity contribution in [3.05, 3.63) is 48.3 Å². The SMILES string of the molecule is Cn1cc(N)cc1C(=O)OCCOc1ccccc1. The number of anilines is 1. The number of ether oxygens (including phenoxy) is 2. The van der Waals surface area contributed by atoms with Gasteiger partial charge in [-0.05, 0) is 18.2 Å². The maximum absolute atomic E-state index is 11.7. The lowest BCUT2D eigenvalue weighted by Crippen LogP contribution is -2.14. The van der Waals surface area contributed by atoms with E-state index in [1.807, 2.05) is 30.3 Å². The van der Waals surface area contributed by atoms with Crippen molar-refractivity contribution < 1.29 is 14.3 Å². The molecule has 5 heteroatoms. The van der Waals surface area contributed by atoms with Crippen LogP contribution in [0.25, 0.3) is 0 Å². The van der Waals surface area contributed by atoms with E-state index in [9.17, 15) is 4.79 Å². The quantitative estimate of drug-likeness (QED) is 0.658. The third-order valence-corrected chi connectivity index (χ3v) is 2.56. The summed E-state index contributed by atoms with van der Waals surface area (Å²) in [5.41, 5.74) is 6.56. The van der Waals surface area contributed by atoms with E-state index in [2.05, 4.69) is 0 Å². The first-order chi connectivity index (χ1) is 9.16. The third-order valence-electron chi connectivity index (χ3n) is 2.56. The Bertz CT molecular complexity index is 549. The van der Waals surface area contributed by atoms with Crippen molar-refractivity contribution in [1.82, 2.24) is 4.57 Å². The van der Waals surface area contributed by atoms with Crippen molar-refractivity contribution in [3.8, 4) is 5.75 Å². The smallest absolute Gasteiger partial charge is 0.355 e. The second-order valence-electron chi connectivity index (χ2n) is 4.07. The van der Waals surface area contributed by atoms with Gasteiger partial charge in [-0.1, -0.05) is 18.2 Å². The van der Waals surface area contributed by atoms with E-state index in [4.69, 9.17) is 15.2 Å². The van der Waals surface area contributed by atoms with Gasteiger partial charge >= 0.3 is 5.97 Å². The van der Waals surface area contributed by atoms with Crippen LogP contribution in [-0.4, -0.2) is 23.8 Å². The Hall–Kier alpha value is -2.43. The van der Waals surface area contributed by atoms with E-state index in [1.165, 1.54) is 0 Å². The van der Waals surface area contributed by atoms with E-state index >= 15 is 0 Å². The van der Waals surface area contributed by atoms with Crippen LogP contribution in [-0.2, 0) is 11.8 Å². The number of benzene rings is 1. The van der Waals surface area contributed by atoms with Gasteiger partial charge in [0.25, 0.3) is 0 Å². The molecule has 5 nitrogen and oxygen atoms in total. The van der Waals surface area contributed by atoms with Gasteiger partial charge in [-0.3, -0.25) is 0 Å². The first-order valence-electron chi connectivity index (χ1n) is 5.93. The van der Waals surface area contributed by atoms with Crippen LogP contribution in [0.1, 0.15) is 10.5 Å². The number of nitrogen functional groups attached to an aromatic ring is 1. The molecule has 0 radical (unpaired) electrons. The van der Waals surface area contributed by atoms with E-state index in [0.717, 1.165) is 5.75 Å². The molecule has 1 aromatic heterocycles. The highest BCUT2D eigenvalue weighted by atomic mass is 16.6. The number of nitrogens with zero attached hydrogens (tertiary/aromatic N) is 1. The molecule has 2 N–H and O–H groups in total. The standard InChI is InChI=1S/C14H16N2O3/c1-16-10-11(15)9-13(16)14(17)19-8-7-18-12-5-3-2-4-6-12/h2-6,9-10H,7-8,15H2,1H3. The Morgan fingerprint density at radius 3 is 2.63 bits per heavy atom. The zero-order chi connectivity index (χ0) is 13.7. The molecule has 2 aromatic rings. The van der Waals surface area contributed by atoms with Crippen LogP contribution in [0.5, 0.6) is 5.75 Å². The second-order valence-corrected chi connectivity index (χ2v) is 4.07. The Morgan fingerprint density at radius 2 is 2.00 bits per heavy atom. The Kier molecular flexibility index (Phi) is 4.07. The normalized spacial score (nSPS) is 10.2. The van der Waals surface area contributed by atoms with Crippen molar-refractivity contribution in [2.75, 3.05) is 18.9 Å². The van der Waals surface area contributed by atoms with Gasteiger partial charge in [0.1, 0.15) is 24.7 Å². The fraction of sp³-hybridized carbons (Fsp3) is 0.214. The fourth-order valence-electron chi connectivity index (χ4n) is 1.68. The predicted octanol–water partition coefficient (Wildman–Crippen LogP) is 1.84. The van der Waals surface area contributed by atoms with Gasteiger partial charge in [0.05, 0.1) is 5.69 Å². The molecule has 19 heavy (non-hydrogen) atoms. The van der Waals surface area contributed by atoms with Crippen molar-refractivity contribution in [2.45, 2.75) is 0 Å². The molecule has 0 atom stereocenters. The van der Waals surface area contributed by atoms with Gasteiger partial charge in [0.2, 0.25) is 0 Å². The van der Waals surface area contributed by atoms with Gasteiger partial charge in [-0.25, -0.2) is 4.79 Å². The summed E-state index contributed by atoms with van der Waals surface area (Å²) in [4.78, 5) is 11.7. The molecule has 0 fully saturated rings. The molecular weight excluding hydrogens is 244 g/mol. The minimum Gasteiger partial charge on any atom is -0.490 e. The average molecular weight is 260 g/mol. The first-order valence-corrected chi connectivity index (χ1v) is 5.93. The highest BCUT2D eigenvalue weighted by Crippen LogP contribution is 2.10. The van der Waals surface area contributed by atoms with Crippen LogP contribution in [0, 0.1) is 0 Å². The maximum atomic E-state index is 11.7. The van der Waals surface area contributed by atoms with Crippen molar-refractivity contribution in [2.24, 2.45) is 7.05 Å². The molecule has 0 aliphatic carbocycles. The molecule has 0 aliphatic rings. The monoisotopic (exact) mass is 260 g/mol. The topological polar surface area (TPSA) is 66.5 Å². The van der Waals surface area contributed by atoms with Crippen LogP contribution in [0.2, 0.25) is 0 Å². The summed E-state index contributed by atoms with van der Waals surface area (Å²) in [5.74, 6) is 0.345. The Labute approximate surface area is 111 Å². The van der Waals surface area contributed by atoms with Gasteiger partial charge < -0.3 is 19.8 Å². The highest BCUT2D eigenvalue weighted by Gasteiger charge is 2.11. The lowest BCUT2D eigenvalue weighted by Gasteiger charge is -2.07. The van der Waals surface area contributed by atoms with Crippen LogP contribution in [0.3, 0.4) is 0 Å². The van der Waals surface area contributed by atoms with E-state index < -0.39 is 5.97 Å². The number of aromatic nitrogens is 1. The first kappa shape index (κ1) is 13.0. The molecule has 0 amide bonds. The number of para-hydroxylation sites is 1. The van der Waals surface area contributed by atoms with Crippen LogP contribution >= 0.6 is 0 Å². The molecule has 1 heterocycles. The summed E-state index contributed by atoms with van der Waals surface area (Å²) >= 11 is 0. The summed E-state index contributed by atoms with van der Waals surface area (Å²) in [5, 5.41) is 0. The molecule has 0 saturated carbocycles. The molecule has 1 aromatic carbocycles. The Morgan fingerprint density at radius 1 is 1.26 bits per heavy atom. The van der Waals surface area contributed by atoms with Crippen LogP contribution in [0.4, 0.5) is 5.69 Å². The largest absolute Gasteiger partial charge is 0.490 e. The zero-order valence-corrected chi connectivity index (χ0v) is 10.7. The van der Waals surface area contributed by atoms with Crippen molar-refractivity contribution in [1.29, 1.82) is 0 Å². The van der Waals surface area contributed by atoms with Crippen molar-refractivity contribution >= 4 is 11.7 Å². The molecule has 0 aliphatic heterocycles. The number of hydrogen-bond donors (Lipinski definition) is 1. The predicted molar refractivity (Wildman–Crippen MR) is 72.0 cm³/mol. The number of hydrogen-bond acceptors (Lipinski definition) is 4. The number of nitrogens with two attached hydrogens (primary N) is 1. The molecule has 0 spiro atoms. The number of carbonyl (C=O) groups excluding carboxylic acids is 1. The average Bonchev–Trinajstić information content (AvgIpc) is 2.75. The summed E-state index contributed by atoms with van der Waals surface area (Å²) in [6.07, 6.45) is 1.66. The number of esters is 1. The lowest BCUT2D eigenvalue weighted by atomic mass is 10.3. The summed E-state index contributed by atoms with van der Waals surface area (Å²) < 4.78 is 12.2. The van der Waals surface area contributed by atoms with Crippen LogP contribution < -0.4 is 10.5 Å². The highest BCUT2D eigenvalue weighted by molar-refractivity contribution is 5.89. The van der Waals surface area contributed by atoms with E-state index in [1.54, 1.807) is 23.9 Å². The zero-order valence-electron chi connectivity index (χ0n) is 10.7. The summed E-state index contributed by atoms with van der Waals surface area (Å²) in [6.45, 7) is 0.508. The van der Waals surface area contributed by atoms with Gasteiger partial charge in [-0.2, -0.15) is 0 Å². The minimum atomic E-state index is -0.407. The van der Waals surface area contributed by atoms with Gasteiger partial charge in [0.15, 0.2) is 0 Å². The molecular formula is C14H16N2O3. The molecule has 0 bridgehead atoms. The Balaban J connectivity index is 1.77. The number of carbonyl (C=O) groups is 1. The van der Waals surface area contributed by atoms with Gasteiger partial charge in [-0.15, -0.1) is 0 Å². The molecule has 100 valence electrons. The minimum absolute atomic E-state index is 0.193. The molecule has 0 saturated heterocycles. The fourth-order valence-corrected chi connectivity index (χ4v) is 1.68. The van der Waals surface area contributed by atoms with Crippen LogP contribution in [0.15, 0.2) is 42.6 Å². The number of rotatable bonds is 5.